The van der Waals surface area contributed by atoms with Crippen LogP contribution in [0.1, 0.15) is 12.0 Å². The fraction of sp³-hybridized carbons (Fsp3) is 0.500. The third-order valence-corrected chi connectivity index (χ3v) is 3.21. The fourth-order valence-electron chi connectivity index (χ4n) is 1.57. The van der Waals surface area contributed by atoms with E-state index in [1.165, 1.54) is 0 Å². The van der Waals surface area contributed by atoms with E-state index >= 15 is 0 Å². The van der Waals surface area contributed by atoms with E-state index in [-0.39, 0.29) is 0 Å². The van der Waals surface area contributed by atoms with Crippen molar-refractivity contribution in [2.24, 2.45) is 0 Å². The summed E-state index contributed by atoms with van der Waals surface area (Å²) in [5.41, 5.74) is 7.94. The van der Waals surface area contributed by atoms with E-state index in [2.05, 4.69) is 27.9 Å². The number of anilines is 1. The van der Waals surface area contributed by atoms with Gasteiger partial charge in [0.25, 0.3) is 0 Å². The zero-order valence-corrected chi connectivity index (χ0v) is 11.5. The van der Waals surface area contributed by atoms with Crippen LogP contribution in [0.5, 0.6) is 0 Å². The molecule has 0 saturated carbocycles. The van der Waals surface area contributed by atoms with E-state index in [1.54, 1.807) is 7.11 Å². The first-order valence-corrected chi connectivity index (χ1v) is 6.14. The quantitative estimate of drug-likeness (QED) is 0.645. The van der Waals surface area contributed by atoms with Gasteiger partial charge in [0.2, 0.25) is 0 Å². The lowest BCUT2D eigenvalue weighted by atomic mass is 10.1. The van der Waals surface area contributed by atoms with Crippen LogP contribution in [-0.4, -0.2) is 32.2 Å². The number of hydrogen-bond acceptors (Lipinski definition) is 3. The number of hydrogen-bond donors (Lipinski definition) is 1. The van der Waals surface area contributed by atoms with Crippen molar-refractivity contribution in [3.05, 3.63) is 28.2 Å². The molecule has 3 nitrogen and oxygen atoms in total. The van der Waals surface area contributed by atoms with Crippen LogP contribution in [0.2, 0.25) is 0 Å². The Balaban J connectivity index is 2.52. The van der Waals surface area contributed by atoms with E-state index < -0.39 is 0 Å². The molecule has 0 unspecified atom stereocenters. The summed E-state index contributed by atoms with van der Waals surface area (Å²) in [5, 5.41) is 0. The second kappa shape index (κ2) is 6.89. The molecule has 90 valence electrons. The van der Waals surface area contributed by atoms with E-state index in [4.69, 9.17) is 10.5 Å². The van der Waals surface area contributed by atoms with Crippen LogP contribution in [-0.2, 0) is 11.3 Å². The molecule has 2 N–H and O–H groups in total. The van der Waals surface area contributed by atoms with Crippen molar-refractivity contribution in [1.82, 2.24) is 4.90 Å². The van der Waals surface area contributed by atoms with Gasteiger partial charge < -0.3 is 15.4 Å². The molecule has 0 amide bonds. The summed E-state index contributed by atoms with van der Waals surface area (Å²) in [6.45, 7) is 2.67. The van der Waals surface area contributed by atoms with Crippen LogP contribution in [0.3, 0.4) is 0 Å². The lowest BCUT2D eigenvalue weighted by Gasteiger charge is -2.18. The number of methoxy groups -OCH3 is 1. The largest absolute Gasteiger partial charge is 0.398 e. The van der Waals surface area contributed by atoms with E-state index in [1.807, 2.05) is 18.2 Å². The molecule has 0 bridgehead atoms. The highest BCUT2D eigenvalue weighted by Gasteiger charge is 2.07. The Morgan fingerprint density at radius 3 is 2.81 bits per heavy atom. The maximum Gasteiger partial charge on any atom is 0.0474 e. The number of ether oxygens (including phenoxy) is 1. The second-order valence-electron chi connectivity index (χ2n) is 3.89. The van der Waals surface area contributed by atoms with E-state index in [0.717, 1.165) is 41.8 Å². The first-order valence-electron chi connectivity index (χ1n) is 5.35. The smallest absolute Gasteiger partial charge is 0.0474 e. The highest BCUT2D eigenvalue weighted by molar-refractivity contribution is 9.10. The fourth-order valence-corrected chi connectivity index (χ4v) is 2.08. The first-order chi connectivity index (χ1) is 7.65. The van der Waals surface area contributed by atoms with Crippen LogP contribution in [0.25, 0.3) is 0 Å². The summed E-state index contributed by atoms with van der Waals surface area (Å²) < 4.78 is 6.10. The molecular weight excluding hydrogens is 268 g/mol. The van der Waals surface area contributed by atoms with E-state index in [9.17, 15) is 0 Å². The van der Waals surface area contributed by atoms with Gasteiger partial charge in [0.05, 0.1) is 0 Å². The van der Waals surface area contributed by atoms with Gasteiger partial charge in [0, 0.05) is 42.5 Å². The molecule has 0 aliphatic heterocycles. The van der Waals surface area contributed by atoms with Gasteiger partial charge in [-0.15, -0.1) is 0 Å². The number of rotatable bonds is 6. The summed E-state index contributed by atoms with van der Waals surface area (Å²) in [6, 6.07) is 5.91. The van der Waals surface area contributed by atoms with Gasteiger partial charge in [-0.1, -0.05) is 22.0 Å². The van der Waals surface area contributed by atoms with Crippen molar-refractivity contribution in [3.8, 4) is 0 Å². The molecule has 1 aromatic carbocycles. The topological polar surface area (TPSA) is 38.5 Å². The lowest BCUT2D eigenvalue weighted by molar-refractivity contribution is 0.178. The highest BCUT2D eigenvalue weighted by Crippen LogP contribution is 2.23. The molecule has 0 aromatic heterocycles. The Hall–Kier alpha value is -0.580. The molecule has 1 aromatic rings. The molecule has 16 heavy (non-hydrogen) atoms. The van der Waals surface area contributed by atoms with Crippen LogP contribution < -0.4 is 5.73 Å². The van der Waals surface area contributed by atoms with Gasteiger partial charge in [0.15, 0.2) is 0 Å². The van der Waals surface area contributed by atoms with Gasteiger partial charge in [-0.3, -0.25) is 0 Å². The highest BCUT2D eigenvalue weighted by atomic mass is 79.9. The predicted octanol–water partition coefficient (Wildman–Crippen LogP) is 2.50. The molecule has 0 fully saturated rings. The first kappa shape index (κ1) is 13.5. The molecule has 0 heterocycles. The van der Waals surface area contributed by atoms with Gasteiger partial charge in [-0.2, -0.15) is 0 Å². The number of nitrogens with zero attached hydrogens (tertiary/aromatic N) is 1. The number of nitrogen functional groups attached to an aromatic ring is 1. The molecule has 0 aliphatic rings. The van der Waals surface area contributed by atoms with Crippen molar-refractivity contribution < 1.29 is 4.74 Å². The van der Waals surface area contributed by atoms with Crippen LogP contribution in [0.4, 0.5) is 5.69 Å². The second-order valence-corrected chi connectivity index (χ2v) is 4.75. The van der Waals surface area contributed by atoms with Gasteiger partial charge >= 0.3 is 0 Å². The third-order valence-electron chi connectivity index (χ3n) is 2.47. The maximum absolute atomic E-state index is 5.94. The van der Waals surface area contributed by atoms with Crippen molar-refractivity contribution in [3.63, 3.8) is 0 Å². The SMILES string of the molecule is COCCCN(C)Cc1c(N)cccc1Br. The summed E-state index contributed by atoms with van der Waals surface area (Å²) in [7, 11) is 3.82. The number of halogens is 1. The normalized spacial score (nSPS) is 11.0. The van der Waals surface area contributed by atoms with Crippen molar-refractivity contribution in [2.45, 2.75) is 13.0 Å². The molecular formula is C12H19BrN2O. The minimum Gasteiger partial charge on any atom is -0.398 e. The van der Waals surface area contributed by atoms with Crippen LogP contribution in [0, 0.1) is 0 Å². The summed E-state index contributed by atoms with van der Waals surface area (Å²) in [6.07, 6.45) is 1.04. The Bertz CT molecular complexity index is 311. The molecule has 0 aliphatic carbocycles. The van der Waals surface area contributed by atoms with Crippen molar-refractivity contribution in [1.29, 1.82) is 0 Å². The molecule has 4 heteroatoms. The van der Waals surface area contributed by atoms with Crippen LogP contribution >= 0.6 is 15.9 Å². The third kappa shape index (κ3) is 4.12. The lowest BCUT2D eigenvalue weighted by Crippen LogP contribution is -2.21. The zero-order valence-electron chi connectivity index (χ0n) is 9.87. The van der Waals surface area contributed by atoms with Crippen molar-refractivity contribution in [2.75, 3.05) is 33.0 Å². The number of benzene rings is 1. The Morgan fingerprint density at radius 1 is 1.44 bits per heavy atom. The zero-order chi connectivity index (χ0) is 12.0. The van der Waals surface area contributed by atoms with Crippen molar-refractivity contribution >= 4 is 21.6 Å². The summed E-state index contributed by atoms with van der Waals surface area (Å²) in [4.78, 5) is 2.25. The molecule has 0 atom stereocenters. The Labute approximate surface area is 106 Å². The minimum absolute atomic E-state index is 0.801. The number of nitrogens with two attached hydrogens (primary N) is 1. The molecule has 1 rings (SSSR count). The Kier molecular flexibility index (Phi) is 5.80. The summed E-state index contributed by atoms with van der Waals surface area (Å²) in [5.74, 6) is 0. The monoisotopic (exact) mass is 286 g/mol. The van der Waals surface area contributed by atoms with Gasteiger partial charge in [0.1, 0.15) is 0 Å². The maximum atomic E-state index is 5.94. The average molecular weight is 287 g/mol. The van der Waals surface area contributed by atoms with Crippen LogP contribution in [0.15, 0.2) is 22.7 Å². The molecule has 0 saturated heterocycles. The van der Waals surface area contributed by atoms with Gasteiger partial charge in [-0.05, 0) is 25.6 Å². The van der Waals surface area contributed by atoms with E-state index in [0.29, 0.717) is 0 Å². The van der Waals surface area contributed by atoms with Gasteiger partial charge in [-0.25, -0.2) is 0 Å². The molecule has 0 spiro atoms. The minimum atomic E-state index is 0.801. The standard InChI is InChI=1S/C12H19BrN2O/c1-15(7-4-8-16-2)9-10-11(13)5-3-6-12(10)14/h3,5-6H,4,7-9,14H2,1-2H3. The predicted molar refractivity (Wildman–Crippen MR) is 71.4 cm³/mol. The summed E-state index contributed by atoms with van der Waals surface area (Å²) >= 11 is 3.53. The average Bonchev–Trinajstić information content (AvgIpc) is 2.24. The Morgan fingerprint density at radius 2 is 2.19 bits per heavy atom. The molecule has 0 radical (unpaired) electrons.